The molecule has 5 aromatic rings. The van der Waals surface area contributed by atoms with Crippen molar-refractivity contribution < 1.29 is 10.1 Å². The highest BCUT2D eigenvalue weighted by atomic mass is 16.6. The quantitative estimate of drug-likeness (QED) is 0.222. The van der Waals surface area contributed by atoms with Crippen LogP contribution in [0.4, 0.5) is 5.69 Å². The summed E-state index contributed by atoms with van der Waals surface area (Å²) in [5.41, 5.74) is 4.32. The predicted octanol–water partition coefficient (Wildman–Crippen LogP) is 3.95. The maximum atomic E-state index is 10.8. The second-order valence-electron chi connectivity index (χ2n) is 6.09. The molecule has 3 aromatic carbocycles. The zero-order valence-electron chi connectivity index (χ0n) is 13.8. The van der Waals surface area contributed by atoms with Crippen molar-refractivity contribution in [1.29, 1.82) is 0 Å². The van der Waals surface area contributed by atoms with Crippen molar-refractivity contribution in [3.05, 3.63) is 70.8 Å². The van der Waals surface area contributed by atoms with Crippen LogP contribution in [-0.4, -0.2) is 29.8 Å². The van der Waals surface area contributed by atoms with Crippen LogP contribution in [0.3, 0.4) is 0 Å². The van der Waals surface area contributed by atoms with E-state index in [1.807, 2.05) is 18.2 Å². The first-order valence-electron chi connectivity index (χ1n) is 8.13. The first-order valence-corrected chi connectivity index (χ1v) is 8.13. The molecule has 0 spiro atoms. The molecule has 0 amide bonds. The highest BCUT2D eigenvalue weighted by Crippen LogP contribution is 2.27. The number of rotatable bonds is 2. The summed E-state index contributed by atoms with van der Waals surface area (Å²) < 4.78 is 1.09. The third-order valence-electron chi connectivity index (χ3n) is 4.44. The molecule has 5 rings (SSSR count). The van der Waals surface area contributed by atoms with Crippen molar-refractivity contribution in [2.75, 3.05) is 0 Å². The third-order valence-corrected chi connectivity index (χ3v) is 4.44. The monoisotopic (exact) mass is 357 g/mol. The lowest BCUT2D eigenvalue weighted by Crippen LogP contribution is -1.99. The van der Waals surface area contributed by atoms with Gasteiger partial charge in [-0.2, -0.15) is 4.73 Å². The number of aromatic nitrogens is 4. The maximum Gasteiger partial charge on any atom is 0.269 e. The minimum atomic E-state index is -0.449. The van der Waals surface area contributed by atoms with Crippen LogP contribution in [0.25, 0.3) is 44.5 Å². The van der Waals surface area contributed by atoms with Crippen molar-refractivity contribution in [3.63, 3.8) is 0 Å². The highest BCUT2D eigenvalue weighted by molar-refractivity contribution is 5.96. The van der Waals surface area contributed by atoms with Crippen LogP contribution in [-0.2, 0) is 0 Å². The zero-order chi connectivity index (χ0) is 18.5. The van der Waals surface area contributed by atoms with Gasteiger partial charge in [0, 0.05) is 17.7 Å². The largest absolute Gasteiger partial charge is 0.428 e. The molecule has 0 saturated heterocycles. The first kappa shape index (κ1) is 15.2. The van der Waals surface area contributed by atoms with Crippen LogP contribution in [0.5, 0.6) is 0 Å². The Balaban J connectivity index is 1.71. The minimum absolute atomic E-state index is 0.0119. The maximum absolute atomic E-state index is 10.8. The Kier molecular flexibility index (Phi) is 3.08. The average Bonchev–Trinajstić information content (AvgIpc) is 3.10. The summed E-state index contributed by atoms with van der Waals surface area (Å²) in [6, 6.07) is 16.9. The van der Waals surface area contributed by atoms with Gasteiger partial charge in [0.2, 0.25) is 0 Å². The normalized spacial score (nSPS) is 11.4. The van der Waals surface area contributed by atoms with E-state index in [1.54, 1.807) is 30.3 Å². The van der Waals surface area contributed by atoms with Crippen LogP contribution in [0.15, 0.2) is 60.7 Å². The molecule has 0 bridgehead atoms. The number of nitrogens with zero attached hydrogens (tertiary/aromatic N) is 5. The number of nitro benzene ring substituents is 1. The predicted molar refractivity (Wildman–Crippen MR) is 99.6 cm³/mol. The second kappa shape index (κ2) is 5.46. The minimum Gasteiger partial charge on any atom is -0.428 e. The molecule has 0 saturated carbocycles. The van der Waals surface area contributed by atoms with Gasteiger partial charge in [-0.25, -0.2) is 15.0 Å². The van der Waals surface area contributed by atoms with Gasteiger partial charge in [-0.15, -0.1) is 0 Å². The Morgan fingerprint density at radius 2 is 1.52 bits per heavy atom. The Bertz CT molecular complexity index is 1360. The van der Waals surface area contributed by atoms with E-state index in [4.69, 9.17) is 0 Å². The fraction of sp³-hybridized carbons (Fsp3) is 0. The van der Waals surface area contributed by atoms with Gasteiger partial charge in [0.05, 0.1) is 27.0 Å². The molecule has 1 N–H and O–H groups in total. The number of non-ortho nitro benzene ring substituents is 1. The summed E-state index contributed by atoms with van der Waals surface area (Å²) >= 11 is 0. The number of benzene rings is 3. The van der Waals surface area contributed by atoms with E-state index >= 15 is 0 Å². The molecule has 0 fully saturated rings. The van der Waals surface area contributed by atoms with E-state index in [2.05, 4.69) is 15.0 Å². The van der Waals surface area contributed by atoms with E-state index in [9.17, 15) is 15.3 Å². The molecule has 0 atom stereocenters. The molecule has 0 aliphatic carbocycles. The third kappa shape index (κ3) is 2.35. The molecule has 8 heteroatoms. The molecule has 27 heavy (non-hydrogen) atoms. The SMILES string of the molecule is O=[N+]([O-])c1ccc(-c2nc3cc4nc5ccccc5n(O)c4cc3n2)cc1. The van der Waals surface area contributed by atoms with Crippen LogP contribution in [0.2, 0.25) is 0 Å². The van der Waals surface area contributed by atoms with E-state index in [-0.39, 0.29) is 5.69 Å². The van der Waals surface area contributed by atoms with Crippen LogP contribution >= 0.6 is 0 Å². The van der Waals surface area contributed by atoms with E-state index < -0.39 is 4.92 Å². The van der Waals surface area contributed by atoms with Crippen LogP contribution < -0.4 is 0 Å². The lowest BCUT2D eigenvalue weighted by Gasteiger charge is -2.07. The molecule has 0 unspecified atom stereocenters. The van der Waals surface area contributed by atoms with Gasteiger partial charge in [0.15, 0.2) is 5.82 Å². The molecule has 0 aliphatic rings. The number of para-hydroxylation sites is 2. The number of hydrogen-bond donors (Lipinski definition) is 1. The van der Waals surface area contributed by atoms with E-state index in [0.717, 1.165) is 4.73 Å². The molecule has 2 aromatic heterocycles. The molecule has 0 radical (unpaired) electrons. The lowest BCUT2D eigenvalue weighted by atomic mass is 10.2. The van der Waals surface area contributed by atoms with Crippen LogP contribution in [0, 0.1) is 10.1 Å². The molecule has 8 nitrogen and oxygen atoms in total. The fourth-order valence-corrected chi connectivity index (χ4v) is 3.10. The van der Waals surface area contributed by atoms with Crippen molar-refractivity contribution in [2.24, 2.45) is 0 Å². The highest BCUT2D eigenvalue weighted by Gasteiger charge is 2.13. The van der Waals surface area contributed by atoms with Gasteiger partial charge in [0.1, 0.15) is 11.0 Å². The van der Waals surface area contributed by atoms with Crippen molar-refractivity contribution in [2.45, 2.75) is 0 Å². The topological polar surface area (TPSA) is 107 Å². The molecule has 0 aliphatic heterocycles. The van der Waals surface area contributed by atoms with Crippen molar-refractivity contribution in [1.82, 2.24) is 19.7 Å². The van der Waals surface area contributed by atoms with Gasteiger partial charge in [-0.3, -0.25) is 10.1 Å². The summed E-state index contributed by atoms with van der Waals surface area (Å²) in [6.07, 6.45) is 0. The van der Waals surface area contributed by atoms with Crippen molar-refractivity contribution in [3.8, 4) is 11.4 Å². The average molecular weight is 357 g/mol. The van der Waals surface area contributed by atoms with E-state index in [0.29, 0.717) is 44.5 Å². The Morgan fingerprint density at radius 1 is 0.815 bits per heavy atom. The number of fused-ring (bicyclic) bond motifs is 3. The zero-order valence-corrected chi connectivity index (χ0v) is 13.8. The van der Waals surface area contributed by atoms with Gasteiger partial charge in [-0.1, -0.05) is 12.1 Å². The Labute approximate surface area is 151 Å². The van der Waals surface area contributed by atoms with Crippen molar-refractivity contribution >= 4 is 38.8 Å². The van der Waals surface area contributed by atoms with E-state index in [1.165, 1.54) is 12.1 Å². The summed E-state index contributed by atoms with van der Waals surface area (Å²) in [7, 11) is 0. The Hall–Kier alpha value is -4.07. The summed E-state index contributed by atoms with van der Waals surface area (Å²) in [4.78, 5) is 23.9. The summed E-state index contributed by atoms with van der Waals surface area (Å²) in [6.45, 7) is 0. The molecule has 2 heterocycles. The number of nitro groups is 1. The van der Waals surface area contributed by atoms with Gasteiger partial charge >= 0.3 is 0 Å². The lowest BCUT2D eigenvalue weighted by molar-refractivity contribution is -0.384. The standard InChI is InChI=1S/C19H11N5O3/c25-23-17-4-2-1-3-13(17)20-16-9-14-15(10-18(16)23)22-19(21-14)11-5-7-12(8-6-11)24(26)27/h1-10,25H. The van der Waals surface area contributed by atoms with Gasteiger partial charge in [0.25, 0.3) is 5.69 Å². The Morgan fingerprint density at radius 3 is 2.26 bits per heavy atom. The van der Waals surface area contributed by atoms with Gasteiger partial charge in [-0.05, 0) is 36.4 Å². The molecular formula is C19H11N5O3. The summed E-state index contributed by atoms with van der Waals surface area (Å²) in [5.74, 6) is 0.462. The number of hydrogen-bond acceptors (Lipinski definition) is 6. The van der Waals surface area contributed by atoms with Crippen LogP contribution in [0.1, 0.15) is 0 Å². The van der Waals surface area contributed by atoms with Gasteiger partial charge < -0.3 is 5.21 Å². The molecule has 130 valence electrons. The fourth-order valence-electron chi connectivity index (χ4n) is 3.10. The number of imidazole rings is 1. The second-order valence-corrected chi connectivity index (χ2v) is 6.09. The summed E-state index contributed by atoms with van der Waals surface area (Å²) in [5, 5.41) is 21.3. The smallest absolute Gasteiger partial charge is 0.269 e. The first-order chi connectivity index (χ1) is 13.1. The molecular weight excluding hydrogens is 346 g/mol.